The highest BCUT2D eigenvalue weighted by molar-refractivity contribution is 4.89. The van der Waals surface area contributed by atoms with Gasteiger partial charge < -0.3 is 45.8 Å². The van der Waals surface area contributed by atoms with Crippen molar-refractivity contribution in [3.05, 3.63) is 0 Å². The minimum Gasteiger partial charge on any atom is -0.394 e. The molecule has 8 unspecified atom stereocenters. The Balaban J connectivity index is 2.49. The average molecular weight is 339 g/mol. The highest BCUT2D eigenvalue weighted by Gasteiger charge is 2.44. The Morgan fingerprint density at radius 1 is 1.13 bits per heavy atom. The number of nitrogens with two attached hydrogens (primary N) is 1. The van der Waals surface area contributed by atoms with E-state index >= 15 is 0 Å². The predicted molar refractivity (Wildman–Crippen MR) is 79.2 cm³/mol. The van der Waals surface area contributed by atoms with Gasteiger partial charge in [0.15, 0.2) is 6.29 Å². The largest absolute Gasteiger partial charge is 0.394 e. The Labute approximate surface area is 135 Å². The van der Waals surface area contributed by atoms with Crippen molar-refractivity contribution < 1.29 is 40.1 Å². The van der Waals surface area contributed by atoms with E-state index in [-0.39, 0.29) is 6.61 Å². The van der Waals surface area contributed by atoms with E-state index in [1.165, 1.54) is 0 Å². The second-order valence-electron chi connectivity index (χ2n) is 5.89. The number of rotatable bonds is 9. The molecule has 0 aromatic rings. The van der Waals surface area contributed by atoms with Gasteiger partial charge in [-0.25, -0.2) is 0 Å². The highest BCUT2D eigenvalue weighted by atomic mass is 16.7. The molecule has 1 heterocycles. The monoisotopic (exact) mass is 339 g/mol. The summed E-state index contributed by atoms with van der Waals surface area (Å²) >= 11 is 0. The zero-order valence-electron chi connectivity index (χ0n) is 13.2. The highest BCUT2D eigenvalue weighted by Crippen LogP contribution is 2.22. The van der Waals surface area contributed by atoms with Crippen molar-refractivity contribution in [3.8, 4) is 0 Å². The standard InChI is InChI=1S/C14H29NO8/c1-2-3-4-8(17)10(18)7(15)6-22-14-13(21)12(20)11(19)9(5-16)23-14/h7-14,16-21H,2-6,15H2,1H3. The molecule has 0 aliphatic carbocycles. The van der Waals surface area contributed by atoms with Gasteiger partial charge in [0.25, 0.3) is 0 Å². The van der Waals surface area contributed by atoms with Gasteiger partial charge in [0.05, 0.1) is 31.5 Å². The van der Waals surface area contributed by atoms with E-state index in [1.807, 2.05) is 6.92 Å². The van der Waals surface area contributed by atoms with Crippen molar-refractivity contribution in [2.75, 3.05) is 13.2 Å². The van der Waals surface area contributed by atoms with E-state index < -0.39 is 55.6 Å². The molecule has 1 fully saturated rings. The molecule has 1 saturated heterocycles. The smallest absolute Gasteiger partial charge is 0.186 e. The third kappa shape index (κ3) is 5.59. The van der Waals surface area contributed by atoms with Crippen LogP contribution in [0.1, 0.15) is 26.2 Å². The van der Waals surface area contributed by atoms with Crippen LogP contribution >= 0.6 is 0 Å². The van der Waals surface area contributed by atoms with Crippen molar-refractivity contribution in [2.45, 2.75) is 75.1 Å². The average Bonchev–Trinajstić information content (AvgIpc) is 2.55. The first kappa shape index (κ1) is 20.7. The molecule has 0 spiro atoms. The van der Waals surface area contributed by atoms with E-state index in [2.05, 4.69) is 0 Å². The van der Waals surface area contributed by atoms with Crippen LogP contribution in [0.3, 0.4) is 0 Å². The SMILES string of the molecule is CCCCC(O)C(O)C(N)COC1OC(CO)C(O)C(O)C1O. The van der Waals surface area contributed by atoms with E-state index in [9.17, 15) is 25.5 Å². The van der Waals surface area contributed by atoms with Crippen molar-refractivity contribution in [2.24, 2.45) is 5.73 Å². The summed E-state index contributed by atoms with van der Waals surface area (Å²) < 4.78 is 10.4. The van der Waals surface area contributed by atoms with Crippen LogP contribution in [0.5, 0.6) is 0 Å². The molecule has 8 atom stereocenters. The van der Waals surface area contributed by atoms with Crippen LogP contribution in [-0.2, 0) is 9.47 Å². The Bertz CT molecular complexity index is 332. The molecule has 9 nitrogen and oxygen atoms in total. The molecular formula is C14H29NO8. The summed E-state index contributed by atoms with van der Waals surface area (Å²) in [5.41, 5.74) is 5.75. The van der Waals surface area contributed by atoms with Crippen molar-refractivity contribution in [1.29, 1.82) is 0 Å². The molecule has 23 heavy (non-hydrogen) atoms. The van der Waals surface area contributed by atoms with E-state index in [0.29, 0.717) is 6.42 Å². The normalized spacial score (nSPS) is 35.7. The van der Waals surface area contributed by atoms with Gasteiger partial charge in [-0.15, -0.1) is 0 Å². The molecule has 0 saturated carbocycles. The third-order valence-corrected chi connectivity index (χ3v) is 3.99. The number of aliphatic hydroxyl groups is 6. The van der Waals surface area contributed by atoms with Crippen LogP contribution in [0.4, 0.5) is 0 Å². The Morgan fingerprint density at radius 2 is 1.78 bits per heavy atom. The van der Waals surface area contributed by atoms with E-state index in [1.54, 1.807) is 0 Å². The maximum atomic E-state index is 9.91. The Morgan fingerprint density at radius 3 is 2.35 bits per heavy atom. The lowest BCUT2D eigenvalue weighted by Crippen LogP contribution is -2.60. The van der Waals surface area contributed by atoms with Crippen LogP contribution in [-0.4, -0.2) is 92.8 Å². The first-order valence-electron chi connectivity index (χ1n) is 7.87. The molecule has 8 N–H and O–H groups in total. The van der Waals surface area contributed by atoms with Crippen molar-refractivity contribution in [3.63, 3.8) is 0 Å². The summed E-state index contributed by atoms with van der Waals surface area (Å²) in [4.78, 5) is 0. The first-order chi connectivity index (χ1) is 10.8. The molecule has 0 radical (unpaired) electrons. The van der Waals surface area contributed by atoms with Gasteiger partial charge in [0, 0.05) is 0 Å². The minimum absolute atomic E-state index is 0.243. The fourth-order valence-corrected chi connectivity index (χ4v) is 2.38. The van der Waals surface area contributed by atoms with Crippen molar-refractivity contribution in [1.82, 2.24) is 0 Å². The fourth-order valence-electron chi connectivity index (χ4n) is 2.38. The summed E-state index contributed by atoms with van der Waals surface area (Å²) in [5, 5.41) is 57.9. The fraction of sp³-hybridized carbons (Fsp3) is 1.00. The van der Waals surface area contributed by atoms with Crippen LogP contribution in [0, 0.1) is 0 Å². The van der Waals surface area contributed by atoms with Gasteiger partial charge in [-0.2, -0.15) is 0 Å². The van der Waals surface area contributed by atoms with Crippen LogP contribution in [0.2, 0.25) is 0 Å². The van der Waals surface area contributed by atoms with E-state index in [4.69, 9.17) is 20.3 Å². The Hall–Kier alpha value is -0.360. The molecule has 1 rings (SSSR count). The lowest BCUT2D eigenvalue weighted by atomic mass is 9.99. The summed E-state index contributed by atoms with van der Waals surface area (Å²) in [7, 11) is 0. The number of hydrogen-bond donors (Lipinski definition) is 7. The van der Waals surface area contributed by atoms with Crippen molar-refractivity contribution >= 4 is 0 Å². The van der Waals surface area contributed by atoms with Gasteiger partial charge in [-0.1, -0.05) is 19.8 Å². The van der Waals surface area contributed by atoms with Crippen LogP contribution < -0.4 is 5.73 Å². The van der Waals surface area contributed by atoms with E-state index in [0.717, 1.165) is 12.8 Å². The topological polar surface area (TPSA) is 166 Å². The van der Waals surface area contributed by atoms with Crippen LogP contribution in [0.15, 0.2) is 0 Å². The molecule has 0 aromatic heterocycles. The number of aliphatic hydroxyl groups excluding tert-OH is 6. The maximum Gasteiger partial charge on any atom is 0.186 e. The van der Waals surface area contributed by atoms with Crippen LogP contribution in [0.25, 0.3) is 0 Å². The lowest BCUT2D eigenvalue weighted by molar-refractivity contribution is -0.302. The zero-order valence-corrected chi connectivity index (χ0v) is 13.2. The molecule has 9 heteroatoms. The summed E-state index contributed by atoms with van der Waals surface area (Å²) in [6.07, 6.45) is -7.07. The lowest BCUT2D eigenvalue weighted by Gasteiger charge is -2.40. The molecule has 138 valence electrons. The zero-order chi connectivity index (χ0) is 17.6. The minimum atomic E-state index is -1.54. The van der Waals surface area contributed by atoms with Gasteiger partial charge in [-0.3, -0.25) is 0 Å². The predicted octanol–water partition coefficient (Wildman–Crippen LogP) is -2.96. The van der Waals surface area contributed by atoms with Gasteiger partial charge in [0.2, 0.25) is 0 Å². The summed E-state index contributed by atoms with van der Waals surface area (Å²) in [5.74, 6) is 0. The summed E-state index contributed by atoms with van der Waals surface area (Å²) in [6.45, 7) is 1.16. The second kappa shape index (κ2) is 9.82. The second-order valence-corrected chi connectivity index (χ2v) is 5.89. The van der Waals surface area contributed by atoms with Gasteiger partial charge in [-0.05, 0) is 6.42 Å². The molecular weight excluding hydrogens is 310 g/mol. The quantitative estimate of drug-likeness (QED) is 0.232. The number of ether oxygens (including phenoxy) is 2. The molecule has 1 aliphatic heterocycles. The van der Waals surface area contributed by atoms with Gasteiger partial charge in [0.1, 0.15) is 24.4 Å². The molecule has 1 aliphatic rings. The maximum absolute atomic E-state index is 9.91. The first-order valence-corrected chi connectivity index (χ1v) is 7.87. The molecule has 0 aromatic carbocycles. The molecule has 0 amide bonds. The third-order valence-electron chi connectivity index (χ3n) is 3.99. The number of unbranched alkanes of at least 4 members (excludes halogenated alkanes) is 1. The molecule has 0 bridgehead atoms. The summed E-state index contributed by atoms with van der Waals surface area (Å²) in [6, 6.07) is -0.922. The Kier molecular flexibility index (Phi) is 8.83. The number of hydrogen-bond acceptors (Lipinski definition) is 9. The van der Waals surface area contributed by atoms with Gasteiger partial charge >= 0.3 is 0 Å².